The van der Waals surface area contributed by atoms with Crippen LogP contribution in [0.1, 0.15) is 29.5 Å². The zero-order valence-electron chi connectivity index (χ0n) is 21.4. The van der Waals surface area contributed by atoms with Gasteiger partial charge in [-0.1, -0.05) is 12.6 Å². The molecule has 0 spiro atoms. The lowest BCUT2D eigenvalue weighted by Gasteiger charge is -2.28. The number of thioether (sulfide) groups is 1. The summed E-state index contributed by atoms with van der Waals surface area (Å²) < 4.78 is 0.163. The summed E-state index contributed by atoms with van der Waals surface area (Å²) >= 11 is 1.47. The molecule has 9 heteroatoms. The number of quaternary nitrogens is 1. The first-order chi connectivity index (χ1) is 16.5. The first kappa shape index (κ1) is 28.1. The molecule has 0 saturated heterocycles. The van der Waals surface area contributed by atoms with Gasteiger partial charge in [-0.15, -0.1) is 24.9 Å². The van der Waals surface area contributed by atoms with Gasteiger partial charge in [0.05, 0.1) is 26.8 Å². The Kier molecular flexibility index (Phi) is 9.62. The number of amides is 2. The molecule has 0 fully saturated rings. The maximum absolute atomic E-state index is 13.1. The summed E-state index contributed by atoms with van der Waals surface area (Å²) in [5.41, 5.74) is 11.3. The van der Waals surface area contributed by atoms with Gasteiger partial charge in [-0.2, -0.15) is 0 Å². The number of carbonyl (C=O) groups is 2. The number of hydrogen-bond donors (Lipinski definition) is 3. The highest BCUT2D eigenvalue weighted by molar-refractivity contribution is 7.99. The predicted molar refractivity (Wildman–Crippen MR) is 145 cm³/mol. The fraction of sp³-hybridized carbons (Fsp3) is 0.385. The molecular weight excluding hydrogens is 460 g/mol. The van der Waals surface area contributed by atoms with Crippen molar-refractivity contribution in [1.82, 2.24) is 20.6 Å². The number of rotatable bonds is 1. The van der Waals surface area contributed by atoms with E-state index < -0.39 is 6.04 Å². The maximum atomic E-state index is 13.1. The van der Waals surface area contributed by atoms with Crippen molar-refractivity contribution in [2.75, 3.05) is 39.2 Å². The molecule has 1 aliphatic rings. The van der Waals surface area contributed by atoms with Crippen molar-refractivity contribution in [3.05, 3.63) is 54.6 Å². The molecule has 0 radical (unpaired) electrons. The van der Waals surface area contributed by atoms with Crippen molar-refractivity contribution in [3.63, 3.8) is 0 Å². The molecule has 1 aromatic heterocycles. The van der Waals surface area contributed by atoms with E-state index in [1.165, 1.54) is 11.8 Å². The first-order valence-electron chi connectivity index (χ1n) is 11.4. The minimum absolute atomic E-state index is 0.0141. The third kappa shape index (κ3) is 7.40. The van der Waals surface area contributed by atoms with E-state index in [0.29, 0.717) is 36.5 Å². The van der Waals surface area contributed by atoms with E-state index in [-0.39, 0.29) is 22.2 Å². The molecule has 0 saturated carbocycles. The van der Waals surface area contributed by atoms with Crippen molar-refractivity contribution in [2.45, 2.75) is 37.8 Å². The van der Waals surface area contributed by atoms with Crippen LogP contribution in [0.15, 0.2) is 43.0 Å². The van der Waals surface area contributed by atoms with Gasteiger partial charge in [0, 0.05) is 35.5 Å². The third-order valence-electron chi connectivity index (χ3n) is 5.53. The van der Waals surface area contributed by atoms with E-state index in [1.54, 1.807) is 0 Å². The number of likely N-dealkylation sites (N-methyl/N-ethyl adjacent to an activating group) is 1. The number of benzene rings is 1. The van der Waals surface area contributed by atoms with Crippen molar-refractivity contribution in [1.29, 1.82) is 0 Å². The topological polar surface area (TPSA) is 110 Å². The summed E-state index contributed by atoms with van der Waals surface area (Å²) in [5.74, 6) is 0.702. The van der Waals surface area contributed by atoms with Gasteiger partial charge in [-0.3, -0.25) is 9.28 Å². The Morgan fingerprint density at radius 2 is 1.77 bits per heavy atom. The number of fused-ring (bicyclic) bond motifs is 5. The minimum Gasteiger partial charge on any atom is -0.370 e. The van der Waals surface area contributed by atoms with Crippen LogP contribution in [0.5, 0.6) is 0 Å². The normalized spacial score (nSPS) is 16.9. The van der Waals surface area contributed by atoms with Gasteiger partial charge in [-0.05, 0) is 43.5 Å². The summed E-state index contributed by atoms with van der Waals surface area (Å²) in [6.45, 7) is 14.7. The standard InChI is InChI=1S/C24H32N6O2S.C2H4/c1-14-11-15(2)18-12-17(14)16(3)27-19(23(32)30(4,5)6)7-9-26-21(31)8-10-33-22-13-20(18)28-24(25)29-22;1-2/h11-13,19,27H,3,7-10H2,1-2,4-6H3,(H2-,25,26,28,29,31);1-2H2/p+1. The van der Waals surface area contributed by atoms with Crippen LogP contribution in [-0.2, 0) is 9.59 Å². The highest BCUT2D eigenvalue weighted by atomic mass is 32.2. The summed E-state index contributed by atoms with van der Waals surface area (Å²) in [4.78, 5) is 34.2. The summed E-state index contributed by atoms with van der Waals surface area (Å²) in [6, 6.07) is 5.52. The summed E-state index contributed by atoms with van der Waals surface area (Å²) in [7, 11) is 5.52. The van der Waals surface area contributed by atoms with Gasteiger partial charge in [0.15, 0.2) is 0 Å². The molecule has 0 aliphatic carbocycles. The number of aryl methyl sites for hydroxylation is 2. The average Bonchev–Trinajstić information content (AvgIpc) is 2.77. The molecule has 1 unspecified atom stereocenters. The zero-order valence-corrected chi connectivity index (χ0v) is 22.2. The van der Waals surface area contributed by atoms with Crippen LogP contribution >= 0.6 is 11.8 Å². The summed E-state index contributed by atoms with van der Waals surface area (Å²) in [5, 5.41) is 6.98. The van der Waals surface area contributed by atoms with Crippen molar-refractivity contribution in [3.8, 4) is 11.3 Å². The lowest BCUT2D eigenvalue weighted by atomic mass is 9.96. The highest BCUT2D eigenvalue weighted by Gasteiger charge is 2.31. The van der Waals surface area contributed by atoms with Crippen molar-refractivity contribution < 1.29 is 14.1 Å². The number of anilines is 1. The van der Waals surface area contributed by atoms with Gasteiger partial charge < -0.3 is 16.4 Å². The van der Waals surface area contributed by atoms with Crippen LogP contribution in [-0.4, -0.2) is 65.7 Å². The number of aromatic nitrogens is 2. The molecule has 35 heavy (non-hydrogen) atoms. The Morgan fingerprint density at radius 1 is 1.11 bits per heavy atom. The molecule has 188 valence electrons. The van der Waals surface area contributed by atoms with Crippen LogP contribution in [0.3, 0.4) is 0 Å². The molecule has 1 atom stereocenters. The number of nitrogen functional groups attached to an aromatic ring is 1. The molecule has 1 aromatic carbocycles. The lowest BCUT2D eigenvalue weighted by Crippen LogP contribution is -2.53. The van der Waals surface area contributed by atoms with Gasteiger partial charge in [-0.25, -0.2) is 14.8 Å². The highest BCUT2D eigenvalue weighted by Crippen LogP contribution is 2.31. The Balaban J connectivity index is 0.00000210. The van der Waals surface area contributed by atoms with E-state index in [2.05, 4.69) is 46.4 Å². The molecular formula is C26H37N6O2S+. The molecule has 8 nitrogen and oxygen atoms in total. The Labute approximate surface area is 212 Å². The number of hydrogen-bond acceptors (Lipinski definition) is 7. The SMILES string of the molecule is C=C.C=C1NC(C(=O)[N+](C)(C)C)CCNC(=O)CCSc2cc(nc(N)n2)-c2cc1c(C)cc2C. The van der Waals surface area contributed by atoms with E-state index >= 15 is 0 Å². The monoisotopic (exact) mass is 497 g/mol. The predicted octanol–water partition coefficient (Wildman–Crippen LogP) is 3.31. The molecule has 4 bridgehead atoms. The first-order valence-corrected chi connectivity index (χ1v) is 12.4. The Hall–Kier alpha value is -3.17. The Morgan fingerprint density at radius 3 is 2.43 bits per heavy atom. The average molecular weight is 498 g/mol. The number of nitrogens with zero attached hydrogens (tertiary/aromatic N) is 3. The second kappa shape index (κ2) is 12.0. The van der Waals surface area contributed by atoms with Crippen LogP contribution in [0.4, 0.5) is 5.95 Å². The van der Waals surface area contributed by atoms with E-state index in [1.807, 2.05) is 47.1 Å². The molecule has 2 aromatic rings. The van der Waals surface area contributed by atoms with Crippen LogP contribution in [0, 0.1) is 13.8 Å². The molecule has 2 heterocycles. The second-order valence-corrected chi connectivity index (χ2v) is 10.3. The summed E-state index contributed by atoms with van der Waals surface area (Å²) in [6.07, 6.45) is 0.800. The lowest BCUT2D eigenvalue weighted by molar-refractivity contribution is -0.793. The number of carbonyl (C=O) groups excluding carboxylic acids is 2. The van der Waals surface area contributed by atoms with E-state index in [0.717, 1.165) is 27.3 Å². The quantitative estimate of drug-likeness (QED) is 0.315. The van der Waals surface area contributed by atoms with Crippen LogP contribution < -0.4 is 16.4 Å². The molecule has 2 amide bonds. The van der Waals surface area contributed by atoms with Gasteiger partial charge >= 0.3 is 5.91 Å². The smallest absolute Gasteiger partial charge is 0.335 e. The maximum Gasteiger partial charge on any atom is 0.335 e. The fourth-order valence-corrected chi connectivity index (χ4v) is 4.66. The van der Waals surface area contributed by atoms with Gasteiger partial charge in [0.25, 0.3) is 0 Å². The third-order valence-corrected chi connectivity index (χ3v) is 6.45. The van der Waals surface area contributed by atoms with E-state index in [4.69, 9.17) is 5.73 Å². The van der Waals surface area contributed by atoms with Crippen molar-refractivity contribution in [2.24, 2.45) is 0 Å². The molecule has 4 N–H and O–H groups in total. The fourth-order valence-electron chi connectivity index (χ4n) is 3.81. The minimum atomic E-state index is -0.495. The zero-order chi connectivity index (χ0) is 26.3. The van der Waals surface area contributed by atoms with Crippen LogP contribution in [0.25, 0.3) is 17.0 Å². The number of nitrogens with one attached hydrogen (secondary N) is 2. The van der Waals surface area contributed by atoms with Gasteiger partial charge in [0.1, 0.15) is 11.1 Å². The van der Waals surface area contributed by atoms with Crippen LogP contribution in [0.2, 0.25) is 0 Å². The second-order valence-electron chi connectivity index (χ2n) is 9.19. The van der Waals surface area contributed by atoms with E-state index in [9.17, 15) is 9.59 Å². The van der Waals surface area contributed by atoms with Crippen molar-refractivity contribution >= 4 is 35.2 Å². The number of nitrogens with two attached hydrogens (primary N) is 1. The largest absolute Gasteiger partial charge is 0.370 e. The Bertz CT molecular complexity index is 1110. The molecule has 1 aliphatic heterocycles. The van der Waals surface area contributed by atoms with Gasteiger partial charge in [0.2, 0.25) is 11.9 Å². The molecule has 3 rings (SSSR count).